The molecule has 1 aliphatic heterocycles. The highest BCUT2D eigenvalue weighted by Gasteiger charge is 2.36. The number of hydrogen-bond donors (Lipinski definition) is 1. The molecule has 0 spiro atoms. The Morgan fingerprint density at radius 3 is 2.80 bits per heavy atom. The molecule has 0 aliphatic carbocycles. The molecule has 1 atom stereocenters. The monoisotopic (exact) mass is 220 g/mol. The van der Waals surface area contributed by atoms with Crippen molar-refractivity contribution >= 4 is 5.91 Å². The third-order valence-corrected chi connectivity index (χ3v) is 2.56. The number of hydrogen-bond acceptors (Lipinski definition) is 2. The first kappa shape index (κ1) is 12.4. The molecule has 1 aliphatic rings. The van der Waals surface area contributed by atoms with Gasteiger partial charge in [0.05, 0.1) is 6.54 Å². The smallest absolute Gasteiger partial charge is 0.265 e. The fourth-order valence-electron chi connectivity index (χ4n) is 1.69. The van der Waals surface area contributed by atoms with E-state index in [-0.39, 0.29) is 24.8 Å². The van der Waals surface area contributed by atoms with Crippen molar-refractivity contribution in [2.45, 2.75) is 44.6 Å². The number of carbonyl (C=O) groups is 1. The Hall–Kier alpha value is -0.710. The molecular formula is C10H18F2N2O. The molecule has 15 heavy (non-hydrogen) atoms. The highest BCUT2D eigenvalue weighted by atomic mass is 19.3. The van der Waals surface area contributed by atoms with Gasteiger partial charge >= 0.3 is 0 Å². The van der Waals surface area contributed by atoms with E-state index in [0.717, 1.165) is 0 Å². The molecule has 1 heterocycles. The number of nitrogens with two attached hydrogens (primary N) is 1. The maximum absolute atomic E-state index is 13.0. The number of carbonyl (C=O) groups excluding carboxylic acids is 1. The Labute approximate surface area is 88.6 Å². The highest BCUT2D eigenvalue weighted by molar-refractivity contribution is 5.76. The number of alkyl halides is 2. The summed E-state index contributed by atoms with van der Waals surface area (Å²) in [4.78, 5) is 12.8. The quantitative estimate of drug-likeness (QED) is 0.780. The average Bonchev–Trinajstić information content (AvgIpc) is 2.12. The van der Waals surface area contributed by atoms with Crippen molar-refractivity contribution in [1.82, 2.24) is 4.90 Å². The van der Waals surface area contributed by atoms with Crippen LogP contribution >= 0.6 is 0 Å². The van der Waals surface area contributed by atoms with E-state index in [1.807, 2.05) is 0 Å². The second-order valence-corrected chi connectivity index (χ2v) is 4.29. The van der Waals surface area contributed by atoms with Crippen LogP contribution in [0.4, 0.5) is 8.78 Å². The van der Waals surface area contributed by atoms with Gasteiger partial charge in [-0.15, -0.1) is 0 Å². The summed E-state index contributed by atoms with van der Waals surface area (Å²) in [6.07, 6.45) is 1.11. The van der Waals surface area contributed by atoms with Crippen molar-refractivity contribution in [3.05, 3.63) is 0 Å². The highest BCUT2D eigenvalue weighted by Crippen LogP contribution is 2.26. The summed E-state index contributed by atoms with van der Waals surface area (Å²) in [5.74, 6) is -2.91. The first-order chi connectivity index (χ1) is 6.91. The largest absolute Gasteiger partial charge is 0.337 e. The normalized spacial score (nSPS) is 22.5. The van der Waals surface area contributed by atoms with Crippen molar-refractivity contribution < 1.29 is 13.6 Å². The summed E-state index contributed by atoms with van der Waals surface area (Å²) < 4.78 is 26.0. The van der Waals surface area contributed by atoms with Gasteiger partial charge in [0.1, 0.15) is 0 Å². The Morgan fingerprint density at radius 2 is 2.27 bits per heavy atom. The second-order valence-electron chi connectivity index (χ2n) is 4.29. The van der Waals surface area contributed by atoms with Gasteiger partial charge in [-0.2, -0.15) is 0 Å². The van der Waals surface area contributed by atoms with E-state index in [0.29, 0.717) is 19.4 Å². The van der Waals surface area contributed by atoms with Gasteiger partial charge in [0.25, 0.3) is 5.92 Å². The van der Waals surface area contributed by atoms with Gasteiger partial charge in [0, 0.05) is 25.4 Å². The third kappa shape index (κ3) is 4.11. The number of rotatable bonds is 3. The van der Waals surface area contributed by atoms with Crippen molar-refractivity contribution in [3.8, 4) is 0 Å². The Bertz CT molecular complexity index is 231. The molecule has 0 saturated carbocycles. The van der Waals surface area contributed by atoms with Crippen LogP contribution < -0.4 is 5.73 Å². The lowest BCUT2D eigenvalue weighted by Gasteiger charge is -2.32. The third-order valence-electron chi connectivity index (χ3n) is 2.56. The maximum Gasteiger partial charge on any atom is 0.265 e. The van der Waals surface area contributed by atoms with E-state index in [4.69, 9.17) is 5.73 Å². The van der Waals surface area contributed by atoms with E-state index < -0.39 is 12.5 Å². The van der Waals surface area contributed by atoms with Gasteiger partial charge in [0.15, 0.2) is 0 Å². The Kier molecular flexibility index (Phi) is 4.02. The van der Waals surface area contributed by atoms with E-state index in [2.05, 4.69) is 0 Å². The van der Waals surface area contributed by atoms with Crippen LogP contribution in [0.2, 0.25) is 0 Å². The lowest BCUT2D eigenvalue weighted by Crippen LogP contribution is -2.45. The fraction of sp³-hybridized carbons (Fsp3) is 0.900. The number of amides is 1. The zero-order valence-electron chi connectivity index (χ0n) is 9.01. The molecule has 1 saturated heterocycles. The molecule has 88 valence electrons. The van der Waals surface area contributed by atoms with E-state index in [1.165, 1.54) is 4.90 Å². The van der Waals surface area contributed by atoms with Crippen LogP contribution in [0.25, 0.3) is 0 Å². The van der Waals surface area contributed by atoms with Crippen molar-refractivity contribution in [3.63, 3.8) is 0 Å². The van der Waals surface area contributed by atoms with Crippen molar-refractivity contribution in [2.24, 2.45) is 5.73 Å². The second kappa shape index (κ2) is 4.88. The van der Waals surface area contributed by atoms with Crippen LogP contribution in [0.15, 0.2) is 0 Å². The molecular weight excluding hydrogens is 202 g/mol. The van der Waals surface area contributed by atoms with Crippen LogP contribution in [0.5, 0.6) is 0 Å². The minimum Gasteiger partial charge on any atom is -0.337 e. The minimum absolute atomic E-state index is 0.0562. The molecule has 0 aromatic heterocycles. The predicted molar refractivity (Wildman–Crippen MR) is 53.6 cm³/mol. The number of likely N-dealkylation sites (tertiary alicyclic amines) is 1. The summed E-state index contributed by atoms with van der Waals surface area (Å²) in [5, 5.41) is 0. The van der Waals surface area contributed by atoms with Gasteiger partial charge in [-0.1, -0.05) is 0 Å². The maximum atomic E-state index is 13.0. The molecule has 0 radical (unpaired) electrons. The SMILES string of the molecule is CC(N)CCC(=O)N1CCCC(F)(F)C1. The lowest BCUT2D eigenvalue weighted by molar-refractivity contribution is -0.141. The molecule has 0 bridgehead atoms. The first-order valence-corrected chi connectivity index (χ1v) is 5.32. The van der Waals surface area contributed by atoms with Crippen molar-refractivity contribution in [2.75, 3.05) is 13.1 Å². The van der Waals surface area contributed by atoms with Gasteiger partial charge in [-0.05, 0) is 19.8 Å². The standard InChI is InChI=1S/C10H18F2N2O/c1-8(13)3-4-9(15)14-6-2-5-10(11,12)7-14/h8H,2-7,13H2,1H3. The molecule has 3 nitrogen and oxygen atoms in total. The lowest BCUT2D eigenvalue weighted by atomic mass is 10.1. The Balaban J connectivity index is 2.39. The average molecular weight is 220 g/mol. The van der Waals surface area contributed by atoms with Crippen LogP contribution in [0.3, 0.4) is 0 Å². The van der Waals surface area contributed by atoms with E-state index >= 15 is 0 Å². The van der Waals surface area contributed by atoms with Crippen molar-refractivity contribution in [1.29, 1.82) is 0 Å². The molecule has 0 aromatic carbocycles. The molecule has 1 fully saturated rings. The summed E-state index contributed by atoms with van der Waals surface area (Å²) in [6.45, 7) is 1.83. The van der Waals surface area contributed by atoms with E-state index in [1.54, 1.807) is 6.92 Å². The van der Waals surface area contributed by atoms with Gasteiger partial charge in [-0.3, -0.25) is 4.79 Å². The topological polar surface area (TPSA) is 46.3 Å². The molecule has 1 rings (SSSR count). The van der Waals surface area contributed by atoms with Gasteiger partial charge < -0.3 is 10.6 Å². The summed E-state index contributed by atoms with van der Waals surface area (Å²) in [5.41, 5.74) is 5.50. The zero-order chi connectivity index (χ0) is 11.5. The number of nitrogens with zero attached hydrogens (tertiary/aromatic N) is 1. The molecule has 2 N–H and O–H groups in total. The zero-order valence-corrected chi connectivity index (χ0v) is 9.01. The molecule has 0 aromatic rings. The predicted octanol–water partition coefficient (Wildman–Crippen LogP) is 1.37. The van der Waals surface area contributed by atoms with Crippen LogP contribution in [0, 0.1) is 0 Å². The summed E-state index contributed by atoms with van der Waals surface area (Å²) >= 11 is 0. The number of halogens is 2. The number of piperidine rings is 1. The molecule has 1 amide bonds. The molecule has 1 unspecified atom stereocenters. The van der Waals surface area contributed by atoms with Gasteiger partial charge in [0.2, 0.25) is 5.91 Å². The minimum atomic E-state index is -2.71. The summed E-state index contributed by atoms with van der Waals surface area (Å²) in [6, 6.07) is -0.0562. The van der Waals surface area contributed by atoms with Crippen LogP contribution in [-0.4, -0.2) is 35.9 Å². The van der Waals surface area contributed by atoms with E-state index in [9.17, 15) is 13.6 Å². The first-order valence-electron chi connectivity index (χ1n) is 5.32. The van der Waals surface area contributed by atoms with Crippen LogP contribution in [0.1, 0.15) is 32.6 Å². The van der Waals surface area contributed by atoms with Crippen LogP contribution in [-0.2, 0) is 4.79 Å². The fourth-order valence-corrected chi connectivity index (χ4v) is 1.69. The van der Waals surface area contributed by atoms with Gasteiger partial charge in [-0.25, -0.2) is 8.78 Å². The Morgan fingerprint density at radius 1 is 1.60 bits per heavy atom. The molecule has 5 heteroatoms. The summed E-state index contributed by atoms with van der Waals surface area (Å²) in [7, 11) is 0.